The van der Waals surface area contributed by atoms with Crippen LogP contribution in [0.4, 0.5) is 0 Å². The molecule has 0 bridgehead atoms. The quantitative estimate of drug-likeness (QED) is 0.629. The monoisotopic (exact) mass is 467 g/mol. The number of ether oxygens (including phenoxy) is 1. The van der Waals surface area contributed by atoms with E-state index >= 15 is 0 Å². The zero-order valence-corrected chi connectivity index (χ0v) is 19.9. The first-order valence-electron chi connectivity index (χ1n) is 12.3. The zero-order chi connectivity index (χ0) is 22.6. The van der Waals surface area contributed by atoms with Crippen LogP contribution in [0.15, 0.2) is 41.8 Å². The molecule has 1 aliphatic carbocycles. The smallest absolute Gasteiger partial charge is 0.254 e. The number of nitrogens with zero attached hydrogens (tertiary/aromatic N) is 2. The number of carbonyl (C=O) groups is 2. The Morgan fingerprint density at radius 2 is 1.88 bits per heavy atom. The summed E-state index contributed by atoms with van der Waals surface area (Å²) in [5, 5.41) is 5.27. The zero-order valence-electron chi connectivity index (χ0n) is 19.1. The van der Waals surface area contributed by atoms with E-state index in [-0.39, 0.29) is 29.8 Å². The van der Waals surface area contributed by atoms with E-state index in [0.29, 0.717) is 12.1 Å². The first-order chi connectivity index (χ1) is 16.2. The maximum atomic E-state index is 13.7. The molecular formula is C26H33N3O3S. The number of fused-ring (bicyclic) bond motifs is 1. The van der Waals surface area contributed by atoms with Crippen LogP contribution in [0.1, 0.15) is 64.9 Å². The van der Waals surface area contributed by atoms with E-state index in [4.69, 9.17) is 4.74 Å². The summed E-state index contributed by atoms with van der Waals surface area (Å²) in [6.45, 7) is 5.11. The van der Waals surface area contributed by atoms with Crippen LogP contribution in [-0.2, 0) is 9.53 Å². The number of hydrogen-bond acceptors (Lipinski definition) is 5. The molecule has 176 valence electrons. The van der Waals surface area contributed by atoms with E-state index < -0.39 is 0 Å². The Morgan fingerprint density at radius 3 is 2.64 bits per heavy atom. The molecule has 1 saturated heterocycles. The molecule has 7 heteroatoms. The lowest BCUT2D eigenvalue weighted by molar-refractivity contribution is -0.124. The summed E-state index contributed by atoms with van der Waals surface area (Å²) in [5.41, 5.74) is 1.55. The molecule has 1 saturated carbocycles. The maximum Gasteiger partial charge on any atom is 0.254 e. The first-order valence-corrected chi connectivity index (χ1v) is 13.1. The SMILES string of the molecule is O=C(NCCCN1CCOCC1)[C@H]1c2ccccc2C(=O)N(C2CCCC2)[C@H]1c1cccs1. The molecule has 2 aromatic rings. The minimum absolute atomic E-state index is 0.0262. The number of hydrogen-bond donors (Lipinski definition) is 1. The predicted octanol–water partition coefficient (Wildman–Crippen LogP) is 3.81. The van der Waals surface area contributed by atoms with Gasteiger partial charge in [-0.2, -0.15) is 0 Å². The minimum atomic E-state index is -0.387. The average molecular weight is 468 g/mol. The Morgan fingerprint density at radius 1 is 1.09 bits per heavy atom. The highest BCUT2D eigenvalue weighted by molar-refractivity contribution is 7.10. The molecule has 2 atom stereocenters. The van der Waals surface area contributed by atoms with Crippen molar-refractivity contribution in [1.82, 2.24) is 15.1 Å². The van der Waals surface area contributed by atoms with Crippen LogP contribution in [0, 0.1) is 0 Å². The fourth-order valence-electron chi connectivity index (χ4n) is 5.63. The summed E-state index contributed by atoms with van der Waals surface area (Å²) in [4.78, 5) is 32.9. The molecule has 33 heavy (non-hydrogen) atoms. The molecule has 3 aliphatic rings. The Labute approximate surface area is 199 Å². The van der Waals surface area contributed by atoms with Crippen molar-refractivity contribution in [1.29, 1.82) is 0 Å². The minimum Gasteiger partial charge on any atom is -0.379 e. The van der Waals surface area contributed by atoms with Crippen molar-refractivity contribution in [2.45, 2.75) is 50.1 Å². The van der Waals surface area contributed by atoms with Crippen molar-refractivity contribution < 1.29 is 14.3 Å². The molecule has 2 aliphatic heterocycles. The molecule has 2 fully saturated rings. The van der Waals surface area contributed by atoms with Gasteiger partial charge >= 0.3 is 0 Å². The number of rotatable bonds is 7. The van der Waals surface area contributed by atoms with E-state index in [1.165, 1.54) is 0 Å². The van der Waals surface area contributed by atoms with Crippen molar-refractivity contribution in [3.8, 4) is 0 Å². The van der Waals surface area contributed by atoms with Gasteiger partial charge in [-0.1, -0.05) is 37.1 Å². The van der Waals surface area contributed by atoms with Crippen molar-refractivity contribution >= 4 is 23.2 Å². The molecule has 1 N–H and O–H groups in total. The van der Waals surface area contributed by atoms with Crippen LogP contribution >= 0.6 is 11.3 Å². The van der Waals surface area contributed by atoms with Gasteiger partial charge in [-0.05, 0) is 48.9 Å². The van der Waals surface area contributed by atoms with Crippen molar-refractivity contribution in [3.05, 3.63) is 57.8 Å². The third-order valence-corrected chi connectivity index (χ3v) is 8.21. The Kier molecular flexibility index (Phi) is 7.09. The highest BCUT2D eigenvalue weighted by atomic mass is 32.1. The van der Waals surface area contributed by atoms with Crippen LogP contribution in [0.2, 0.25) is 0 Å². The first kappa shape index (κ1) is 22.6. The van der Waals surface area contributed by atoms with Crippen LogP contribution in [0.3, 0.4) is 0 Å². The fraction of sp³-hybridized carbons (Fsp3) is 0.538. The molecule has 6 nitrogen and oxygen atoms in total. The van der Waals surface area contributed by atoms with E-state index in [0.717, 1.165) is 75.4 Å². The fourth-order valence-corrected chi connectivity index (χ4v) is 6.49. The lowest BCUT2D eigenvalue weighted by atomic mass is 9.80. The topological polar surface area (TPSA) is 61.9 Å². The van der Waals surface area contributed by atoms with Gasteiger partial charge in [0.05, 0.1) is 25.2 Å². The van der Waals surface area contributed by atoms with Crippen molar-refractivity contribution in [2.24, 2.45) is 0 Å². The molecular weight excluding hydrogens is 434 g/mol. The highest BCUT2D eigenvalue weighted by Gasteiger charge is 2.47. The lowest BCUT2D eigenvalue weighted by Gasteiger charge is -2.44. The molecule has 5 rings (SSSR count). The maximum absolute atomic E-state index is 13.7. The number of nitrogens with one attached hydrogen (secondary N) is 1. The van der Waals surface area contributed by atoms with Gasteiger partial charge in [0.25, 0.3) is 5.91 Å². The van der Waals surface area contributed by atoms with Crippen LogP contribution in [0.5, 0.6) is 0 Å². The van der Waals surface area contributed by atoms with Gasteiger partial charge in [0, 0.05) is 36.1 Å². The van der Waals surface area contributed by atoms with Gasteiger partial charge in [-0.3, -0.25) is 14.5 Å². The van der Waals surface area contributed by atoms with Gasteiger partial charge in [0.1, 0.15) is 0 Å². The normalized spacial score (nSPS) is 24.1. The molecule has 2 amide bonds. The summed E-state index contributed by atoms with van der Waals surface area (Å²) < 4.78 is 5.42. The van der Waals surface area contributed by atoms with E-state index in [1.807, 2.05) is 35.7 Å². The molecule has 0 unspecified atom stereocenters. The summed E-state index contributed by atoms with van der Waals surface area (Å²) in [5.74, 6) is -0.285. The summed E-state index contributed by atoms with van der Waals surface area (Å²) in [6, 6.07) is 11.8. The number of benzene rings is 1. The predicted molar refractivity (Wildman–Crippen MR) is 130 cm³/mol. The second kappa shape index (κ2) is 10.4. The molecule has 3 heterocycles. The van der Waals surface area contributed by atoms with Gasteiger partial charge in [0.15, 0.2) is 0 Å². The van der Waals surface area contributed by atoms with Crippen LogP contribution in [-0.4, -0.2) is 67.0 Å². The van der Waals surface area contributed by atoms with E-state index in [1.54, 1.807) is 11.3 Å². The van der Waals surface area contributed by atoms with Gasteiger partial charge in [0.2, 0.25) is 5.91 Å². The number of amides is 2. The van der Waals surface area contributed by atoms with E-state index in [9.17, 15) is 9.59 Å². The Bertz CT molecular complexity index is 951. The average Bonchev–Trinajstić information content (AvgIpc) is 3.57. The molecule has 0 spiro atoms. The standard InChI is InChI=1S/C26H33N3O3S/c30-25(27-12-6-13-28-14-16-32-17-15-28)23-20-9-3-4-10-21(20)26(31)29(19-7-1-2-8-19)24(23)22-11-5-18-33-22/h3-5,9-11,18-19,23-24H,1-2,6-8,12-17H2,(H,27,30)/t23-,24-/m0/s1. The third kappa shape index (κ3) is 4.72. The summed E-state index contributed by atoms with van der Waals surface area (Å²) in [7, 11) is 0. The second-order valence-corrected chi connectivity index (χ2v) is 10.3. The van der Waals surface area contributed by atoms with Gasteiger partial charge < -0.3 is 15.0 Å². The second-order valence-electron chi connectivity index (χ2n) is 9.27. The Hall–Kier alpha value is -2.22. The largest absolute Gasteiger partial charge is 0.379 e. The van der Waals surface area contributed by atoms with Gasteiger partial charge in [-0.15, -0.1) is 11.3 Å². The highest BCUT2D eigenvalue weighted by Crippen LogP contribution is 2.47. The molecule has 1 aromatic heterocycles. The number of carbonyl (C=O) groups excluding carboxylic acids is 2. The van der Waals surface area contributed by atoms with Gasteiger partial charge in [-0.25, -0.2) is 0 Å². The number of morpholine rings is 1. The summed E-state index contributed by atoms with van der Waals surface area (Å²) in [6.07, 6.45) is 5.24. The van der Waals surface area contributed by atoms with E-state index in [2.05, 4.69) is 21.2 Å². The Balaban J connectivity index is 1.39. The van der Waals surface area contributed by atoms with Crippen molar-refractivity contribution in [2.75, 3.05) is 39.4 Å². The van der Waals surface area contributed by atoms with Crippen molar-refractivity contribution in [3.63, 3.8) is 0 Å². The van der Waals surface area contributed by atoms with Crippen LogP contribution < -0.4 is 5.32 Å². The molecule has 0 radical (unpaired) electrons. The van der Waals surface area contributed by atoms with Crippen LogP contribution in [0.25, 0.3) is 0 Å². The lowest BCUT2D eigenvalue weighted by Crippen LogP contribution is -2.50. The third-order valence-electron chi connectivity index (χ3n) is 7.27. The molecule has 1 aromatic carbocycles. The number of thiophene rings is 1. The summed E-state index contributed by atoms with van der Waals surface area (Å²) >= 11 is 1.64.